The van der Waals surface area contributed by atoms with E-state index in [-0.39, 0.29) is 5.97 Å². The molecule has 0 N–H and O–H groups in total. The first kappa shape index (κ1) is 11.1. The minimum Gasteiger partial charge on any atom is -0.465 e. The number of rotatable bonds is 5. The zero-order valence-corrected chi connectivity index (χ0v) is 8.88. The molecule has 1 rings (SSSR count). The van der Waals surface area contributed by atoms with Crippen LogP contribution in [0.5, 0.6) is 0 Å². The van der Waals surface area contributed by atoms with E-state index < -0.39 is 0 Å². The van der Waals surface area contributed by atoms with Gasteiger partial charge in [-0.1, -0.05) is 5.92 Å². The van der Waals surface area contributed by atoms with Crippen molar-refractivity contribution in [2.45, 2.75) is 32.7 Å². The van der Waals surface area contributed by atoms with Gasteiger partial charge in [-0.05, 0) is 26.7 Å². The van der Waals surface area contributed by atoms with Crippen molar-refractivity contribution in [1.29, 1.82) is 0 Å². The fourth-order valence-electron chi connectivity index (χ4n) is 1.31. The molecule has 0 heterocycles. The number of ether oxygens (including phenoxy) is 1. The minimum absolute atomic E-state index is 0.141. The molecule has 0 aromatic heterocycles. The minimum atomic E-state index is -0.141. The highest BCUT2D eigenvalue weighted by Gasteiger charge is 2.29. The van der Waals surface area contributed by atoms with Gasteiger partial charge in [-0.15, -0.1) is 5.92 Å². The number of nitrogens with zero attached hydrogens (tertiary/aromatic N) is 1. The quantitative estimate of drug-likeness (QED) is 0.485. The predicted molar refractivity (Wildman–Crippen MR) is 54.7 cm³/mol. The molecular formula is C11H17NO2. The van der Waals surface area contributed by atoms with E-state index >= 15 is 0 Å². The lowest BCUT2D eigenvalue weighted by Gasteiger charge is -2.17. The van der Waals surface area contributed by atoms with Crippen LogP contribution in [0.4, 0.5) is 0 Å². The number of esters is 1. The molecule has 3 heteroatoms. The van der Waals surface area contributed by atoms with Crippen LogP contribution >= 0.6 is 0 Å². The van der Waals surface area contributed by atoms with Gasteiger partial charge in [0, 0.05) is 6.04 Å². The van der Waals surface area contributed by atoms with Crippen molar-refractivity contribution in [3.8, 4) is 11.8 Å². The first-order valence-electron chi connectivity index (χ1n) is 5.07. The summed E-state index contributed by atoms with van der Waals surface area (Å²) < 4.78 is 4.90. The summed E-state index contributed by atoms with van der Waals surface area (Å²) in [5.41, 5.74) is 0. The van der Waals surface area contributed by atoms with Gasteiger partial charge in [0.1, 0.15) is 0 Å². The molecule has 1 fully saturated rings. The van der Waals surface area contributed by atoms with Crippen LogP contribution in [0.2, 0.25) is 0 Å². The molecule has 0 aromatic carbocycles. The van der Waals surface area contributed by atoms with E-state index in [4.69, 9.17) is 4.74 Å². The van der Waals surface area contributed by atoms with Crippen LogP contribution in [0.15, 0.2) is 0 Å². The molecule has 78 valence electrons. The first-order chi connectivity index (χ1) is 6.77. The SMILES string of the molecule is CC#CCN(CC(=O)OCC)C1CC1. The molecule has 0 radical (unpaired) electrons. The summed E-state index contributed by atoms with van der Waals surface area (Å²) in [4.78, 5) is 13.3. The Labute approximate surface area is 85.4 Å². The maximum absolute atomic E-state index is 11.2. The highest BCUT2D eigenvalue weighted by molar-refractivity contribution is 5.71. The molecule has 0 aromatic rings. The van der Waals surface area contributed by atoms with Crippen LogP contribution in [-0.4, -0.2) is 36.6 Å². The normalized spacial score (nSPS) is 14.8. The summed E-state index contributed by atoms with van der Waals surface area (Å²) in [6.45, 7) is 5.16. The van der Waals surface area contributed by atoms with Gasteiger partial charge in [0.05, 0.1) is 19.7 Å². The van der Waals surface area contributed by atoms with Crippen LogP contribution in [0.25, 0.3) is 0 Å². The van der Waals surface area contributed by atoms with E-state index in [2.05, 4.69) is 16.7 Å². The zero-order chi connectivity index (χ0) is 10.4. The molecule has 0 spiro atoms. The zero-order valence-electron chi connectivity index (χ0n) is 8.88. The lowest BCUT2D eigenvalue weighted by Crippen LogP contribution is -2.33. The maximum atomic E-state index is 11.2. The Balaban J connectivity index is 2.33. The Hall–Kier alpha value is -1.01. The summed E-state index contributed by atoms with van der Waals surface area (Å²) in [6.07, 6.45) is 2.37. The smallest absolute Gasteiger partial charge is 0.320 e. The third-order valence-corrected chi connectivity index (χ3v) is 2.16. The molecule has 0 saturated heterocycles. The Bertz CT molecular complexity index is 248. The molecule has 0 aliphatic heterocycles. The summed E-state index contributed by atoms with van der Waals surface area (Å²) in [6, 6.07) is 0.556. The van der Waals surface area contributed by atoms with Crippen molar-refractivity contribution >= 4 is 5.97 Å². The summed E-state index contributed by atoms with van der Waals surface area (Å²) in [7, 11) is 0. The van der Waals surface area contributed by atoms with E-state index in [9.17, 15) is 4.79 Å². The highest BCUT2D eigenvalue weighted by Crippen LogP contribution is 2.26. The lowest BCUT2D eigenvalue weighted by atomic mass is 10.4. The van der Waals surface area contributed by atoms with Crippen LogP contribution in [0, 0.1) is 11.8 Å². The van der Waals surface area contributed by atoms with E-state index in [0.717, 1.165) is 0 Å². The third kappa shape index (κ3) is 3.80. The summed E-state index contributed by atoms with van der Waals surface area (Å²) in [5.74, 6) is 5.69. The summed E-state index contributed by atoms with van der Waals surface area (Å²) in [5, 5.41) is 0. The number of hydrogen-bond donors (Lipinski definition) is 0. The monoisotopic (exact) mass is 195 g/mol. The molecule has 1 saturated carbocycles. The molecule has 0 bridgehead atoms. The number of carbonyl (C=O) groups excluding carboxylic acids is 1. The molecule has 0 atom stereocenters. The van der Waals surface area contributed by atoms with E-state index in [1.165, 1.54) is 12.8 Å². The number of hydrogen-bond acceptors (Lipinski definition) is 3. The summed E-state index contributed by atoms with van der Waals surface area (Å²) >= 11 is 0. The Morgan fingerprint density at radius 2 is 2.29 bits per heavy atom. The molecule has 14 heavy (non-hydrogen) atoms. The molecule has 0 unspecified atom stereocenters. The predicted octanol–water partition coefficient (Wildman–Crippen LogP) is 1.04. The van der Waals surface area contributed by atoms with Gasteiger partial charge in [0.15, 0.2) is 0 Å². The van der Waals surface area contributed by atoms with Crippen LogP contribution in [0.1, 0.15) is 26.7 Å². The fraction of sp³-hybridized carbons (Fsp3) is 0.727. The highest BCUT2D eigenvalue weighted by atomic mass is 16.5. The van der Waals surface area contributed by atoms with E-state index in [1.54, 1.807) is 0 Å². The van der Waals surface area contributed by atoms with Gasteiger partial charge in [0.2, 0.25) is 0 Å². The largest absolute Gasteiger partial charge is 0.465 e. The topological polar surface area (TPSA) is 29.5 Å². The standard InChI is InChI=1S/C11H17NO2/c1-3-5-8-12(10-6-7-10)9-11(13)14-4-2/h10H,4,6-9H2,1-2H3. The third-order valence-electron chi connectivity index (χ3n) is 2.16. The van der Waals surface area contributed by atoms with Gasteiger partial charge in [-0.2, -0.15) is 0 Å². The van der Waals surface area contributed by atoms with Crippen molar-refractivity contribution in [1.82, 2.24) is 4.90 Å². The van der Waals surface area contributed by atoms with Crippen molar-refractivity contribution in [2.24, 2.45) is 0 Å². The second-order valence-electron chi connectivity index (χ2n) is 3.37. The average molecular weight is 195 g/mol. The second kappa shape index (κ2) is 5.66. The van der Waals surface area contributed by atoms with Crippen LogP contribution in [-0.2, 0) is 9.53 Å². The molecule has 0 amide bonds. The molecular weight excluding hydrogens is 178 g/mol. The van der Waals surface area contributed by atoms with Crippen LogP contribution < -0.4 is 0 Å². The van der Waals surface area contributed by atoms with Crippen molar-refractivity contribution in [3.05, 3.63) is 0 Å². The van der Waals surface area contributed by atoms with E-state index in [1.807, 2.05) is 13.8 Å². The van der Waals surface area contributed by atoms with Gasteiger partial charge in [-0.3, -0.25) is 9.69 Å². The second-order valence-corrected chi connectivity index (χ2v) is 3.37. The fourth-order valence-corrected chi connectivity index (χ4v) is 1.31. The number of carbonyl (C=O) groups is 1. The van der Waals surface area contributed by atoms with Crippen molar-refractivity contribution in [2.75, 3.05) is 19.7 Å². The van der Waals surface area contributed by atoms with Crippen molar-refractivity contribution in [3.63, 3.8) is 0 Å². The Morgan fingerprint density at radius 3 is 2.79 bits per heavy atom. The Kier molecular flexibility index (Phi) is 4.48. The van der Waals surface area contributed by atoms with Gasteiger partial charge in [-0.25, -0.2) is 0 Å². The maximum Gasteiger partial charge on any atom is 0.320 e. The molecule has 1 aliphatic rings. The van der Waals surface area contributed by atoms with Gasteiger partial charge >= 0.3 is 5.97 Å². The van der Waals surface area contributed by atoms with Crippen molar-refractivity contribution < 1.29 is 9.53 Å². The lowest BCUT2D eigenvalue weighted by molar-refractivity contribution is -0.144. The molecule has 1 aliphatic carbocycles. The van der Waals surface area contributed by atoms with Gasteiger partial charge < -0.3 is 4.74 Å². The average Bonchev–Trinajstić information content (AvgIpc) is 2.95. The Morgan fingerprint density at radius 1 is 1.57 bits per heavy atom. The first-order valence-corrected chi connectivity index (χ1v) is 5.07. The molecule has 3 nitrogen and oxygen atoms in total. The van der Waals surface area contributed by atoms with Crippen LogP contribution in [0.3, 0.4) is 0 Å². The van der Waals surface area contributed by atoms with Gasteiger partial charge in [0.25, 0.3) is 0 Å². The van der Waals surface area contributed by atoms with E-state index in [0.29, 0.717) is 25.7 Å².